The lowest BCUT2D eigenvalue weighted by molar-refractivity contribution is 0.0696. The van der Waals surface area contributed by atoms with E-state index in [1.165, 1.54) is 53.6 Å². The normalized spacial score (nSPS) is 10.5. The number of anilines is 1. The van der Waals surface area contributed by atoms with E-state index in [0.717, 1.165) is 14.8 Å². The zero-order valence-corrected chi connectivity index (χ0v) is 13.7. The molecular weight excluding hydrogens is 351 g/mol. The van der Waals surface area contributed by atoms with Gasteiger partial charge in [0.05, 0.1) is 17.4 Å². The summed E-state index contributed by atoms with van der Waals surface area (Å²) in [6.07, 6.45) is 1.67. The molecule has 0 unspecified atom stereocenters. The number of benzene rings is 2. The van der Waals surface area contributed by atoms with Crippen LogP contribution in [0, 0.1) is 5.82 Å². The number of nitrogens with one attached hydrogen (secondary N) is 1. The molecule has 3 N–H and O–H groups in total. The Morgan fingerprint density at radius 3 is 2.62 bits per heavy atom. The summed E-state index contributed by atoms with van der Waals surface area (Å²) in [5.41, 5.74) is 1.24. The number of hydrogen-bond acceptors (Lipinski definition) is 6. The highest BCUT2D eigenvalue weighted by Gasteiger charge is 2.09. The summed E-state index contributed by atoms with van der Waals surface area (Å²) in [6, 6.07) is 10.2. The number of thiazole rings is 1. The molecule has 0 bridgehead atoms. The summed E-state index contributed by atoms with van der Waals surface area (Å²) in [5.74, 6) is -1.55. The maximum absolute atomic E-state index is 12.9. The number of aromatic nitrogens is 1. The summed E-state index contributed by atoms with van der Waals surface area (Å²) < 4.78 is 16.7. The number of aromatic hydroxyl groups is 1. The Hall–Kier alpha value is -2.58. The Balaban J connectivity index is 1.69. The van der Waals surface area contributed by atoms with Crippen molar-refractivity contribution in [2.45, 2.75) is 4.21 Å². The molecule has 0 saturated carbocycles. The van der Waals surface area contributed by atoms with E-state index < -0.39 is 5.97 Å². The van der Waals surface area contributed by atoms with Crippen LogP contribution in [0.15, 0.2) is 52.9 Å². The third-order valence-electron chi connectivity index (χ3n) is 3.08. The fourth-order valence-electron chi connectivity index (χ4n) is 1.89. The van der Waals surface area contributed by atoms with E-state index in [-0.39, 0.29) is 17.1 Å². The van der Waals surface area contributed by atoms with Gasteiger partial charge < -0.3 is 14.9 Å². The highest BCUT2D eigenvalue weighted by molar-refractivity contribution is 8.02. The third kappa shape index (κ3) is 3.66. The molecule has 0 amide bonds. The maximum Gasteiger partial charge on any atom is 0.335 e. The van der Waals surface area contributed by atoms with Crippen LogP contribution >= 0.6 is 23.3 Å². The Kier molecular flexibility index (Phi) is 4.68. The summed E-state index contributed by atoms with van der Waals surface area (Å²) in [6.45, 7) is 0. The molecule has 1 aromatic heterocycles. The summed E-state index contributed by atoms with van der Waals surface area (Å²) in [4.78, 5) is 15.1. The molecule has 0 aliphatic heterocycles. The van der Waals surface area contributed by atoms with E-state index in [9.17, 15) is 14.3 Å². The van der Waals surface area contributed by atoms with Crippen LogP contribution in [-0.4, -0.2) is 21.2 Å². The monoisotopic (exact) mass is 362 g/mol. The second-order valence-electron chi connectivity index (χ2n) is 4.73. The van der Waals surface area contributed by atoms with E-state index in [1.54, 1.807) is 18.3 Å². The van der Waals surface area contributed by atoms with Gasteiger partial charge in [0, 0.05) is 5.56 Å². The van der Waals surface area contributed by atoms with Gasteiger partial charge in [-0.2, -0.15) is 0 Å². The number of halogens is 1. The molecule has 0 fully saturated rings. The van der Waals surface area contributed by atoms with Crippen molar-refractivity contribution in [3.63, 3.8) is 0 Å². The first-order chi connectivity index (χ1) is 11.5. The van der Waals surface area contributed by atoms with Crippen molar-refractivity contribution in [2.24, 2.45) is 0 Å². The average molecular weight is 362 g/mol. The number of aromatic carboxylic acids is 1. The Bertz CT molecular complexity index is 881. The Labute approximate surface area is 144 Å². The predicted molar refractivity (Wildman–Crippen MR) is 92.1 cm³/mol. The molecular formula is C16H11FN2O3S2. The summed E-state index contributed by atoms with van der Waals surface area (Å²) in [7, 11) is 0. The largest absolute Gasteiger partial charge is 0.506 e. The number of phenols is 1. The van der Waals surface area contributed by atoms with Crippen molar-refractivity contribution in [1.29, 1.82) is 0 Å². The average Bonchev–Trinajstić information content (AvgIpc) is 3.03. The molecule has 2 aromatic carbocycles. The Morgan fingerprint density at radius 2 is 1.96 bits per heavy atom. The minimum absolute atomic E-state index is 0.0134. The predicted octanol–water partition coefficient (Wildman–Crippen LogP) is 4.47. The van der Waals surface area contributed by atoms with Crippen LogP contribution in [0.2, 0.25) is 0 Å². The van der Waals surface area contributed by atoms with Crippen LogP contribution in [0.4, 0.5) is 10.1 Å². The smallest absolute Gasteiger partial charge is 0.335 e. The van der Waals surface area contributed by atoms with E-state index in [4.69, 9.17) is 5.11 Å². The van der Waals surface area contributed by atoms with Gasteiger partial charge in [-0.15, -0.1) is 11.3 Å². The van der Waals surface area contributed by atoms with Gasteiger partial charge in [0.25, 0.3) is 0 Å². The molecule has 3 aromatic rings. The zero-order chi connectivity index (χ0) is 17.1. The fraction of sp³-hybridized carbons (Fsp3) is 0. The van der Waals surface area contributed by atoms with E-state index in [0.29, 0.717) is 5.69 Å². The number of rotatable bonds is 5. The molecule has 0 atom stereocenters. The highest BCUT2D eigenvalue weighted by atomic mass is 32.2. The number of carboxylic acids is 1. The van der Waals surface area contributed by atoms with Crippen molar-refractivity contribution in [1.82, 2.24) is 4.98 Å². The molecule has 0 spiro atoms. The minimum Gasteiger partial charge on any atom is -0.506 e. The number of carbonyl (C=O) groups is 1. The second kappa shape index (κ2) is 6.90. The first kappa shape index (κ1) is 16.3. The molecule has 5 nitrogen and oxygen atoms in total. The highest BCUT2D eigenvalue weighted by Crippen LogP contribution is 2.34. The molecule has 8 heteroatoms. The van der Waals surface area contributed by atoms with E-state index in [2.05, 4.69) is 9.71 Å². The van der Waals surface area contributed by atoms with Crippen LogP contribution < -0.4 is 4.72 Å². The molecule has 24 heavy (non-hydrogen) atoms. The first-order valence-electron chi connectivity index (χ1n) is 6.74. The van der Waals surface area contributed by atoms with Crippen LogP contribution in [0.25, 0.3) is 10.6 Å². The standard InChI is InChI=1S/C16H11FN2O3S2/c17-11-4-1-9(2-5-11)15-18-8-14(23-15)24-19-12-6-3-10(16(21)22)7-13(12)20/h1-8,19-20H,(H,21,22). The first-order valence-corrected chi connectivity index (χ1v) is 8.37. The Morgan fingerprint density at radius 1 is 1.21 bits per heavy atom. The quantitative estimate of drug-likeness (QED) is 0.459. The van der Waals surface area contributed by atoms with Crippen molar-refractivity contribution < 1.29 is 19.4 Å². The SMILES string of the molecule is O=C(O)c1ccc(NSc2cnc(-c3ccc(F)cc3)s2)c(O)c1. The van der Waals surface area contributed by atoms with Gasteiger partial charge >= 0.3 is 5.97 Å². The van der Waals surface area contributed by atoms with Gasteiger partial charge in [-0.05, 0) is 54.4 Å². The number of hydrogen-bond donors (Lipinski definition) is 3. The lowest BCUT2D eigenvalue weighted by Crippen LogP contribution is -1.96. The molecule has 0 radical (unpaired) electrons. The molecule has 3 rings (SSSR count). The number of carboxylic acid groups (broad SMARTS) is 1. The summed E-state index contributed by atoms with van der Waals surface area (Å²) in [5, 5.41) is 19.5. The molecule has 0 aliphatic carbocycles. The summed E-state index contributed by atoms with van der Waals surface area (Å²) >= 11 is 2.66. The van der Waals surface area contributed by atoms with Gasteiger partial charge in [0.1, 0.15) is 20.8 Å². The van der Waals surface area contributed by atoms with Gasteiger partial charge in [0.15, 0.2) is 0 Å². The van der Waals surface area contributed by atoms with Gasteiger partial charge in [-0.25, -0.2) is 14.2 Å². The van der Waals surface area contributed by atoms with Gasteiger partial charge in [-0.3, -0.25) is 0 Å². The topological polar surface area (TPSA) is 82.5 Å². The molecule has 0 aliphatic rings. The van der Waals surface area contributed by atoms with Crippen LogP contribution in [-0.2, 0) is 0 Å². The van der Waals surface area contributed by atoms with Gasteiger partial charge in [-0.1, -0.05) is 0 Å². The van der Waals surface area contributed by atoms with E-state index >= 15 is 0 Å². The minimum atomic E-state index is -1.10. The fourth-order valence-corrected chi connectivity index (χ4v) is 3.56. The van der Waals surface area contributed by atoms with Crippen LogP contribution in [0.1, 0.15) is 10.4 Å². The number of phenolic OH excluding ortho intramolecular Hbond substituents is 1. The zero-order valence-electron chi connectivity index (χ0n) is 12.1. The van der Waals surface area contributed by atoms with E-state index in [1.807, 2.05) is 0 Å². The number of nitrogens with zero attached hydrogens (tertiary/aromatic N) is 1. The molecule has 122 valence electrons. The molecule has 1 heterocycles. The van der Waals surface area contributed by atoms with Crippen molar-refractivity contribution in [3.8, 4) is 16.3 Å². The third-order valence-corrected chi connectivity index (χ3v) is 5.05. The van der Waals surface area contributed by atoms with Crippen LogP contribution in [0.5, 0.6) is 5.75 Å². The molecule has 0 saturated heterocycles. The van der Waals surface area contributed by atoms with Gasteiger partial charge in [0.2, 0.25) is 0 Å². The lowest BCUT2D eigenvalue weighted by atomic mass is 10.2. The van der Waals surface area contributed by atoms with Crippen molar-refractivity contribution in [3.05, 3.63) is 60.0 Å². The van der Waals surface area contributed by atoms with Crippen LogP contribution in [0.3, 0.4) is 0 Å². The van der Waals surface area contributed by atoms with Crippen molar-refractivity contribution in [2.75, 3.05) is 4.72 Å². The lowest BCUT2D eigenvalue weighted by Gasteiger charge is -2.06. The maximum atomic E-state index is 12.9. The second-order valence-corrected chi connectivity index (χ2v) is 6.87. The van der Waals surface area contributed by atoms with Crippen molar-refractivity contribution >= 4 is 34.9 Å².